The SMILES string of the molecule is CC.CCC(=O)CCCOC.CCOCC1CCCCC1. The molecular weight excluding hydrogens is 264 g/mol. The van der Waals surface area contributed by atoms with E-state index in [2.05, 4.69) is 6.92 Å². The molecule has 1 aliphatic rings. The minimum absolute atomic E-state index is 0.326. The molecule has 0 aromatic carbocycles. The molecule has 1 fully saturated rings. The Morgan fingerprint density at radius 2 is 1.71 bits per heavy atom. The van der Waals surface area contributed by atoms with Gasteiger partial charge in [0.05, 0.1) is 0 Å². The molecule has 0 unspecified atom stereocenters. The van der Waals surface area contributed by atoms with Crippen LogP contribution in [0.3, 0.4) is 0 Å². The Kier molecular flexibility index (Phi) is 21.3. The summed E-state index contributed by atoms with van der Waals surface area (Å²) in [6.07, 6.45) is 9.30. The van der Waals surface area contributed by atoms with Gasteiger partial charge in [0.25, 0.3) is 0 Å². The molecule has 1 rings (SSSR count). The van der Waals surface area contributed by atoms with E-state index in [-0.39, 0.29) is 0 Å². The van der Waals surface area contributed by atoms with Crippen LogP contribution in [-0.2, 0) is 14.3 Å². The molecule has 0 spiro atoms. The van der Waals surface area contributed by atoms with Crippen LogP contribution in [0.4, 0.5) is 0 Å². The molecule has 0 N–H and O–H groups in total. The average Bonchev–Trinajstić information content (AvgIpc) is 2.56. The first-order valence-corrected chi connectivity index (χ1v) is 8.82. The first-order valence-electron chi connectivity index (χ1n) is 8.82. The molecule has 1 saturated carbocycles. The largest absolute Gasteiger partial charge is 0.385 e. The maximum atomic E-state index is 10.6. The van der Waals surface area contributed by atoms with Crippen molar-refractivity contribution < 1.29 is 14.3 Å². The monoisotopic (exact) mass is 302 g/mol. The Hall–Kier alpha value is -0.410. The molecule has 3 nitrogen and oxygen atoms in total. The van der Waals surface area contributed by atoms with Crippen LogP contribution in [0.2, 0.25) is 0 Å². The lowest BCUT2D eigenvalue weighted by Gasteiger charge is -2.20. The van der Waals surface area contributed by atoms with E-state index < -0.39 is 0 Å². The van der Waals surface area contributed by atoms with Gasteiger partial charge in [0.1, 0.15) is 5.78 Å². The maximum Gasteiger partial charge on any atom is 0.132 e. The van der Waals surface area contributed by atoms with Crippen molar-refractivity contribution in [2.45, 2.75) is 79.1 Å². The molecule has 0 saturated heterocycles. The van der Waals surface area contributed by atoms with Crippen molar-refractivity contribution in [3.63, 3.8) is 0 Å². The minimum atomic E-state index is 0.326. The third kappa shape index (κ3) is 17.5. The van der Waals surface area contributed by atoms with Gasteiger partial charge in [-0.25, -0.2) is 0 Å². The number of rotatable bonds is 8. The van der Waals surface area contributed by atoms with Gasteiger partial charge in [-0.2, -0.15) is 0 Å². The average molecular weight is 302 g/mol. The molecule has 1 aliphatic carbocycles. The molecular formula is C18H38O3. The van der Waals surface area contributed by atoms with Gasteiger partial charge in [-0.05, 0) is 32.1 Å². The van der Waals surface area contributed by atoms with Gasteiger partial charge >= 0.3 is 0 Å². The summed E-state index contributed by atoms with van der Waals surface area (Å²) in [7, 11) is 1.65. The maximum absolute atomic E-state index is 10.6. The van der Waals surface area contributed by atoms with Crippen LogP contribution in [0.5, 0.6) is 0 Å². The molecule has 0 aromatic heterocycles. The summed E-state index contributed by atoms with van der Waals surface area (Å²) < 4.78 is 10.2. The fourth-order valence-electron chi connectivity index (χ4n) is 2.23. The predicted molar refractivity (Wildman–Crippen MR) is 90.8 cm³/mol. The number of ketones is 1. The highest BCUT2D eigenvalue weighted by molar-refractivity contribution is 5.77. The van der Waals surface area contributed by atoms with Crippen LogP contribution in [0, 0.1) is 5.92 Å². The summed E-state index contributed by atoms with van der Waals surface area (Å²) in [5.41, 5.74) is 0. The second kappa shape index (κ2) is 19.6. The Balaban J connectivity index is 0. The zero-order valence-electron chi connectivity index (χ0n) is 15.1. The second-order valence-electron chi connectivity index (χ2n) is 5.15. The van der Waals surface area contributed by atoms with E-state index in [9.17, 15) is 4.79 Å². The second-order valence-corrected chi connectivity index (χ2v) is 5.15. The molecule has 0 aromatic rings. The first kappa shape index (κ1) is 22.9. The van der Waals surface area contributed by atoms with Crippen LogP contribution in [-0.4, -0.2) is 32.7 Å². The van der Waals surface area contributed by atoms with E-state index in [0.29, 0.717) is 25.2 Å². The Labute approximate surface area is 132 Å². The molecule has 0 atom stereocenters. The standard InChI is InChI=1S/C9H18O.C7H14O2.C2H6/c1-2-10-8-9-6-4-3-5-7-9;1-3-7(8)5-4-6-9-2;1-2/h9H,2-8H2,1H3;3-6H2,1-2H3;1-2H3. The highest BCUT2D eigenvalue weighted by atomic mass is 16.5. The molecule has 0 radical (unpaired) electrons. The van der Waals surface area contributed by atoms with E-state index >= 15 is 0 Å². The van der Waals surface area contributed by atoms with Crippen molar-refractivity contribution in [3.05, 3.63) is 0 Å². The molecule has 3 heteroatoms. The number of hydrogen-bond donors (Lipinski definition) is 0. The van der Waals surface area contributed by atoms with Crippen molar-refractivity contribution in [2.75, 3.05) is 26.9 Å². The lowest BCUT2D eigenvalue weighted by atomic mass is 9.90. The first-order chi connectivity index (χ1) is 10.2. The van der Waals surface area contributed by atoms with Gasteiger partial charge in [0.15, 0.2) is 0 Å². The Morgan fingerprint density at radius 1 is 1.10 bits per heavy atom. The zero-order valence-corrected chi connectivity index (χ0v) is 15.1. The number of methoxy groups -OCH3 is 1. The van der Waals surface area contributed by atoms with E-state index in [1.807, 2.05) is 20.8 Å². The summed E-state index contributed by atoms with van der Waals surface area (Å²) in [5, 5.41) is 0. The highest BCUT2D eigenvalue weighted by Crippen LogP contribution is 2.23. The number of carbonyl (C=O) groups excluding carboxylic acids is 1. The van der Waals surface area contributed by atoms with Gasteiger partial charge in [-0.3, -0.25) is 4.79 Å². The van der Waals surface area contributed by atoms with Gasteiger partial charge in [-0.15, -0.1) is 0 Å². The van der Waals surface area contributed by atoms with Crippen molar-refractivity contribution in [1.29, 1.82) is 0 Å². The third-order valence-electron chi connectivity index (χ3n) is 3.48. The van der Waals surface area contributed by atoms with Crippen molar-refractivity contribution >= 4 is 5.78 Å². The molecule has 0 bridgehead atoms. The Bertz CT molecular complexity index is 199. The van der Waals surface area contributed by atoms with E-state index in [4.69, 9.17) is 9.47 Å². The number of carbonyl (C=O) groups is 1. The topological polar surface area (TPSA) is 35.5 Å². The summed E-state index contributed by atoms with van der Waals surface area (Å²) in [5.74, 6) is 1.21. The van der Waals surface area contributed by atoms with Gasteiger partial charge in [-0.1, -0.05) is 40.0 Å². The minimum Gasteiger partial charge on any atom is -0.385 e. The van der Waals surface area contributed by atoms with E-state index in [1.54, 1.807) is 7.11 Å². The van der Waals surface area contributed by atoms with E-state index in [1.165, 1.54) is 32.1 Å². The quantitative estimate of drug-likeness (QED) is 0.590. The van der Waals surface area contributed by atoms with Crippen molar-refractivity contribution in [3.8, 4) is 0 Å². The fraction of sp³-hybridized carbons (Fsp3) is 0.944. The molecule has 21 heavy (non-hydrogen) atoms. The lowest BCUT2D eigenvalue weighted by Crippen LogP contribution is -2.12. The van der Waals surface area contributed by atoms with Gasteiger partial charge < -0.3 is 9.47 Å². The van der Waals surface area contributed by atoms with Crippen LogP contribution in [0.25, 0.3) is 0 Å². The summed E-state index contributed by atoms with van der Waals surface area (Å²) >= 11 is 0. The van der Waals surface area contributed by atoms with Gasteiger partial charge in [0, 0.05) is 39.8 Å². The van der Waals surface area contributed by atoms with Gasteiger partial charge in [0.2, 0.25) is 0 Å². The predicted octanol–water partition coefficient (Wildman–Crippen LogP) is 5.02. The normalized spacial score (nSPS) is 14.5. The zero-order chi connectivity index (χ0) is 16.3. The van der Waals surface area contributed by atoms with Crippen LogP contribution in [0.1, 0.15) is 79.1 Å². The van der Waals surface area contributed by atoms with Crippen molar-refractivity contribution in [1.82, 2.24) is 0 Å². The number of ether oxygens (including phenoxy) is 2. The molecule has 0 aliphatic heterocycles. The smallest absolute Gasteiger partial charge is 0.132 e. The fourth-order valence-corrected chi connectivity index (χ4v) is 2.23. The molecule has 0 amide bonds. The van der Waals surface area contributed by atoms with E-state index in [0.717, 1.165) is 25.6 Å². The van der Waals surface area contributed by atoms with Crippen LogP contribution < -0.4 is 0 Å². The third-order valence-corrected chi connectivity index (χ3v) is 3.48. The highest BCUT2D eigenvalue weighted by Gasteiger charge is 2.12. The number of hydrogen-bond acceptors (Lipinski definition) is 3. The molecule has 128 valence electrons. The lowest BCUT2D eigenvalue weighted by molar-refractivity contribution is -0.119. The van der Waals surface area contributed by atoms with Crippen molar-refractivity contribution in [2.24, 2.45) is 5.92 Å². The van der Waals surface area contributed by atoms with Crippen LogP contribution in [0.15, 0.2) is 0 Å². The summed E-state index contributed by atoms with van der Waals surface area (Å²) in [6, 6.07) is 0. The van der Waals surface area contributed by atoms with Crippen LogP contribution >= 0.6 is 0 Å². The number of Topliss-reactive ketones (excluding diaryl/α,β-unsaturated/α-hetero) is 1. The summed E-state index contributed by atoms with van der Waals surface area (Å²) in [4.78, 5) is 10.6. The molecule has 0 heterocycles. The Morgan fingerprint density at radius 3 is 2.19 bits per heavy atom. The summed E-state index contributed by atoms with van der Waals surface area (Å²) in [6.45, 7) is 10.6.